The van der Waals surface area contributed by atoms with Crippen LogP contribution in [0.2, 0.25) is 0 Å². The summed E-state index contributed by atoms with van der Waals surface area (Å²) in [5.74, 6) is 2.20. The Kier molecular flexibility index (Phi) is 20.2. The molecule has 9 heteroatoms. The molecule has 2 fully saturated rings. The van der Waals surface area contributed by atoms with Gasteiger partial charge in [-0.25, -0.2) is 0 Å². The van der Waals surface area contributed by atoms with E-state index >= 15 is 0 Å². The molecule has 2 aliphatic heterocycles. The lowest BCUT2D eigenvalue weighted by molar-refractivity contribution is 0.0594. The van der Waals surface area contributed by atoms with Crippen molar-refractivity contribution >= 4 is 11.6 Å². The van der Waals surface area contributed by atoms with E-state index in [2.05, 4.69) is 67.9 Å². The van der Waals surface area contributed by atoms with E-state index in [1.165, 1.54) is 58.5 Å². The third kappa shape index (κ3) is 11.6. The van der Waals surface area contributed by atoms with Gasteiger partial charge in [0, 0.05) is 31.1 Å². The van der Waals surface area contributed by atoms with E-state index in [9.17, 15) is 0 Å². The molecule has 36 heavy (non-hydrogen) atoms. The highest BCUT2D eigenvalue weighted by atomic mass is 35.5. The molecule has 4 atom stereocenters. The molecule has 2 heterocycles. The molecule has 1 aliphatic carbocycles. The highest BCUT2D eigenvalue weighted by molar-refractivity contribution is 6.20. The molecule has 0 amide bonds. The molecule has 0 spiro atoms. The largest absolute Gasteiger partial charge is 0.412 e. The number of halogens is 1. The van der Waals surface area contributed by atoms with Gasteiger partial charge in [0.25, 0.3) is 0 Å². The zero-order valence-corrected chi connectivity index (χ0v) is 23.9. The number of piperidine rings is 1. The topological polar surface area (TPSA) is 148 Å². The number of rotatable bonds is 9. The van der Waals surface area contributed by atoms with Crippen LogP contribution in [0.25, 0.3) is 0 Å². The quantitative estimate of drug-likeness (QED) is 0.351. The van der Waals surface area contributed by atoms with Gasteiger partial charge in [-0.2, -0.15) is 0 Å². The average molecular weight is 541 g/mol. The molecule has 1 unspecified atom stereocenters. The van der Waals surface area contributed by atoms with E-state index in [1.807, 2.05) is 0 Å². The lowest BCUT2D eigenvalue weighted by Gasteiger charge is -2.47. The average Bonchev–Trinajstić information content (AvgIpc) is 3.12. The predicted molar refractivity (Wildman–Crippen MR) is 156 cm³/mol. The van der Waals surface area contributed by atoms with Crippen molar-refractivity contribution in [2.24, 2.45) is 23.2 Å². The Balaban J connectivity index is -0.00000218. The molecule has 0 aromatic heterocycles. The SMILES string of the molecule is C.CC(C)[C@H](CN1CC[C@H](C2=CCC(Cl)CC2)C(C)(C)C1)NC[C@@H]1CCN(CN(C)C)C1.O.O.O.O. The monoisotopic (exact) mass is 540 g/mol. The van der Waals surface area contributed by atoms with Gasteiger partial charge in [-0.1, -0.05) is 46.8 Å². The Bertz CT molecular complexity index is 606. The van der Waals surface area contributed by atoms with E-state index in [0.29, 0.717) is 22.8 Å². The smallest absolute Gasteiger partial charge is 0.0500 e. The van der Waals surface area contributed by atoms with E-state index in [1.54, 1.807) is 5.57 Å². The van der Waals surface area contributed by atoms with Gasteiger partial charge in [-0.3, -0.25) is 9.80 Å². The summed E-state index contributed by atoms with van der Waals surface area (Å²) in [6.07, 6.45) is 8.56. The van der Waals surface area contributed by atoms with E-state index in [0.717, 1.165) is 31.3 Å². The first-order valence-corrected chi connectivity index (χ1v) is 13.2. The zero-order chi connectivity index (χ0) is 22.6. The maximum Gasteiger partial charge on any atom is 0.0500 e. The molecule has 2 saturated heterocycles. The van der Waals surface area contributed by atoms with Crippen LogP contribution in [0.3, 0.4) is 0 Å². The summed E-state index contributed by atoms with van der Waals surface area (Å²) < 4.78 is 0. The van der Waals surface area contributed by atoms with Gasteiger partial charge < -0.3 is 32.1 Å². The van der Waals surface area contributed by atoms with Crippen LogP contribution in [0.5, 0.6) is 0 Å². The Morgan fingerprint density at radius 1 is 1.06 bits per heavy atom. The van der Waals surface area contributed by atoms with Crippen molar-refractivity contribution in [2.45, 2.75) is 78.6 Å². The highest BCUT2D eigenvalue weighted by Gasteiger charge is 2.39. The van der Waals surface area contributed by atoms with Crippen LogP contribution in [0.1, 0.15) is 67.2 Å². The Labute approximate surface area is 227 Å². The molecular formula is C27H61ClN4O4. The van der Waals surface area contributed by atoms with Crippen LogP contribution < -0.4 is 5.32 Å². The van der Waals surface area contributed by atoms with Crippen LogP contribution >= 0.6 is 11.6 Å². The minimum absolute atomic E-state index is 0. The molecule has 3 aliphatic rings. The maximum atomic E-state index is 6.34. The summed E-state index contributed by atoms with van der Waals surface area (Å²) in [5.41, 5.74) is 2.05. The number of allylic oxidation sites excluding steroid dienone is 2. The third-order valence-corrected chi connectivity index (χ3v) is 8.32. The molecule has 9 N–H and O–H groups in total. The van der Waals surface area contributed by atoms with Gasteiger partial charge in [-0.15, -0.1) is 11.6 Å². The standard InChI is InChI=1S/C26H49ClN4.CH4.4H2O/c1-20(2)25(28-15-21-11-13-31(16-21)19-29(5)6)17-30-14-12-24(26(3,4)18-30)22-7-9-23(27)10-8-22;;;;;/h7,20-21,23-25,28H,8-19H2,1-6H3;1H4;4*1H2/t21-,23?,24+,25-;;;;;/m0...../s1. The molecule has 3 rings (SSSR count). The van der Waals surface area contributed by atoms with Crippen molar-refractivity contribution in [1.82, 2.24) is 20.0 Å². The molecule has 0 radical (unpaired) electrons. The predicted octanol–water partition coefficient (Wildman–Crippen LogP) is 1.84. The third-order valence-electron chi connectivity index (χ3n) is 7.92. The second-order valence-electron chi connectivity index (χ2n) is 11.9. The highest BCUT2D eigenvalue weighted by Crippen LogP contribution is 2.43. The van der Waals surface area contributed by atoms with Gasteiger partial charge >= 0.3 is 0 Å². The summed E-state index contributed by atoms with van der Waals surface area (Å²) in [4.78, 5) is 7.63. The summed E-state index contributed by atoms with van der Waals surface area (Å²) in [6, 6.07) is 0.584. The molecule has 0 aromatic rings. The van der Waals surface area contributed by atoms with Crippen molar-refractivity contribution in [1.29, 1.82) is 0 Å². The second kappa shape index (κ2) is 18.1. The molecule has 220 valence electrons. The normalized spacial score (nSPS) is 27.0. The van der Waals surface area contributed by atoms with E-state index in [4.69, 9.17) is 11.6 Å². The summed E-state index contributed by atoms with van der Waals surface area (Å²) in [5, 5.41) is 4.34. The van der Waals surface area contributed by atoms with Gasteiger partial charge in [0.2, 0.25) is 0 Å². The zero-order valence-electron chi connectivity index (χ0n) is 23.2. The Morgan fingerprint density at radius 2 is 1.69 bits per heavy atom. The Hall–Kier alpha value is -0.290. The van der Waals surface area contributed by atoms with Gasteiger partial charge in [0.1, 0.15) is 0 Å². The van der Waals surface area contributed by atoms with Crippen LogP contribution in [0.15, 0.2) is 11.6 Å². The lowest BCUT2D eigenvalue weighted by Crippen LogP contribution is -2.52. The summed E-state index contributed by atoms with van der Waals surface area (Å²) in [6.45, 7) is 18.1. The number of nitrogens with one attached hydrogen (secondary N) is 1. The molecular weight excluding hydrogens is 480 g/mol. The second-order valence-corrected chi connectivity index (χ2v) is 12.5. The molecule has 0 aromatic carbocycles. The minimum Gasteiger partial charge on any atom is -0.412 e. The van der Waals surface area contributed by atoms with Gasteiger partial charge in [0.15, 0.2) is 0 Å². The van der Waals surface area contributed by atoms with Crippen LogP contribution in [0.4, 0.5) is 0 Å². The molecule has 0 bridgehead atoms. The number of nitrogens with zero attached hydrogens (tertiary/aromatic N) is 3. The van der Waals surface area contributed by atoms with Crippen molar-refractivity contribution in [3.05, 3.63) is 11.6 Å². The lowest BCUT2D eigenvalue weighted by atomic mass is 9.68. The minimum atomic E-state index is 0. The van der Waals surface area contributed by atoms with Gasteiger partial charge in [-0.05, 0) is 89.0 Å². The van der Waals surface area contributed by atoms with E-state index in [-0.39, 0.29) is 29.3 Å². The fourth-order valence-electron chi connectivity index (χ4n) is 6.17. The summed E-state index contributed by atoms with van der Waals surface area (Å²) >= 11 is 6.34. The van der Waals surface area contributed by atoms with Crippen molar-refractivity contribution in [2.75, 3.05) is 60.0 Å². The van der Waals surface area contributed by atoms with Crippen molar-refractivity contribution in [3.8, 4) is 0 Å². The summed E-state index contributed by atoms with van der Waals surface area (Å²) in [7, 11) is 4.34. The first-order valence-electron chi connectivity index (χ1n) is 12.8. The van der Waals surface area contributed by atoms with Crippen molar-refractivity contribution in [3.63, 3.8) is 0 Å². The Morgan fingerprint density at radius 3 is 2.22 bits per heavy atom. The molecule has 0 saturated carbocycles. The first kappa shape index (κ1) is 40.2. The van der Waals surface area contributed by atoms with Crippen molar-refractivity contribution < 1.29 is 21.9 Å². The number of alkyl halides is 1. The fourth-order valence-corrected chi connectivity index (χ4v) is 6.36. The van der Waals surface area contributed by atoms with E-state index < -0.39 is 0 Å². The maximum absolute atomic E-state index is 6.34. The van der Waals surface area contributed by atoms with Crippen LogP contribution in [0, 0.1) is 23.2 Å². The molecule has 8 nitrogen and oxygen atoms in total. The number of hydrogen-bond donors (Lipinski definition) is 1. The number of hydrogen-bond acceptors (Lipinski definition) is 4. The van der Waals surface area contributed by atoms with Crippen LogP contribution in [-0.2, 0) is 0 Å². The van der Waals surface area contributed by atoms with Crippen LogP contribution in [-0.4, -0.2) is 108 Å². The fraction of sp³-hybridized carbons (Fsp3) is 0.926. The number of likely N-dealkylation sites (tertiary alicyclic amines) is 2. The first-order chi connectivity index (χ1) is 14.6. The van der Waals surface area contributed by atoms with Gasteiger partial charge in [0.05, 0.1) is 6.67 Å².